The molecule has 0 radical (unpaired) electrons. The van der Waals surface area contributed by atoms with E-state index in [1.165, 1.54) is 6.42 Å². The summed E-state index contributed by atoms with van der Waals surface area (Å²) in [6.45, 7) is 6.35. The molecule has 1 N–H and O–H groups in total. The van der Waals surface area contributed by atoms with Crippen LogP contribution in [0.4, 0.5) is 5.69 Å². The van der Waals surface area contributed by atoms with Gasteiger partial charge in [-0.25, -0.2) is 14.5 Å². The minimum atomic E-state index is -1.02. The monoisotopic (exact) mass is 449 g/mol. The van der Waals surface area contributed by atoms with Crippen molar-refractivity contribution in [3.63, 3.8) is 0 Å². The molecular weight excluding hydrogens is 418 g/mol. The lowest BCUT2D eigenvalue weighted by Gasteiger charge is -2.39. The van der Waals surface area contributed by atoms with Gasteiger partial charge in [0, 0.05) is 45.2 Å². The maximum absolute atomic E-state index is 12.0. The summed E-state index contributed by atoms with van der Waals surface area (Å²) >= 11 is 0. The summed E-state index contributed by atoms with van der Waals surface area (Å²) in [5, 5.41) is 15.9. The maximum Gasteiger partial charge on any atom is 0.354 e. The second kappa shape index (κ2) is 9.11. The van der Waals surface area contributed by atoms with Crippen molar-refractivity contribution in [1.82, 2.24) is 19.7 Å². The summed E-state index contributed by atoms with van der Waals surface area (Å²) in [6, 6.07) is 12.0. The van der Waals surface area contributed by atoms with Gasteiger partial charge in [0.05, 0.1) is 29.1 Å². The minimum Gasteiger partial charge on any atom is -0.477 e. The van der Waals surface area contributed by atoms with E-state index >= 15 is 0 Å². The van der Waals surface area contributed by atoms with E-state index < -0.39 is 5.97 Å². The number of rotatable bonds is 7. The van der Waals surface area contributed by atoms with E-state index in [0.29, 0.717) is 24.2 Å². The molecule has 1 saturated heterocycles. The van der Waals surface area contributed by atoms with Gasteiger partial charge in [-0.05, 0) is 38.0 Å². The molecule has 0 amide bonds. The number of hydrogen-bond donors (Lipinski definition) is 1. The Morgan fingerprint density at radius 1 is 1.18 bits per heavy atom. The molecule has 1 aliphatic carbocycles. The van der Waals surface area contributed by atoms with E-state index in [0.717, 1.165) is 61.5 Å². The summed E-state index contributed by atoms with van der Waals surface area (Å²) in [5.41, 5.74) is 3.58. The second-order valence-electron chi connectivity index (χ2n) is 9.12. The van der Waals surface area contributed by atoms with Crippen molar-refractivity contribution >= 4 is 22.7 Å². The van der Waals surface area contributed by atoms with Crippen molar-refractivity contribution in [2.75, 3.05) is 44.8 Å². The highest BCUT2D eigenvalue weighted by Crippen LogP contribution is 2.42. The normalized spacial score (nSPS) is 18.4. The first kappa shape index (κ1) is 21.9. The quantitative estimate of drug-likeness (QED) is 0.591. The predicted molar refractivity (Wildman–Crippen MR) is 128 cm³/mol. The van der Waals surface area contributed by atoms with E-state index in [1.54, 1.807) is 13.2 Å². The zero-order chi connectivity index (χ0) is 22.9. The van der Waals surface area contributed by atoms with Gasteiger partial charge in [0.1, 0.15) is 0 Å². The molecule has 5 rings (SSSR count). The molecule has 33 heavy (non-hydrogen) atoms. The maximum atomic E-state index is 12.0. The fourth-order valence-corrected chi connectivity index (χ4v) is 4.95. The van der Waals surface area contributed by atoms with Gasteiger partial charge in [-0.2, -0.15) is 5.10 Å². The summed E-state index contributed by atoms with van der Waals surface area (Å²) < 4.78 is 7.16. The second-order valence-corrected chi connectivity index (χ2v) is 9.12. The van der Waals surface area contributed by atoms with Crippen LogP contribution in [0, 0.1) is 0 Å². The van der Waals surface area contributed by atoms with Crippen LogP contribution in [-0.2, 0) is 4.74 Å². The molecule has 1 saturated carbocycles. The van der Waals surface area contributed by atoms with Gasteiger partial charge >= 0.3 is 5.97 Å². The van der Waals surface area contributed by atoms with E-state index in [2.05, 4.69) is 21.7 Å². The molecule has 1 atom stereocenters. The summed E-state index contributed by atoms with van der Waals surface area (Å²) in [7, 11) is 1.74. The Bertz CT molecular complexity index is 1130. The number of anilines is 1. The molecule has 3 aromatic rings. The first-order valence-corrected chi connectivity index (χ1v) is 11.8. The summed E-state index contributed by atoms with van der Waals surface area (Å²) in [6.07, 6.45) is 3.43. The lowest BCUT2D eigenvalue weighted by molar-refractivity contribution is 0.0691. The third-order valence-electron chi connectivity index (χ3n) is 7.04. The molecule has 0 spiro atoms. The van der Waals surface area contributed by atoms with Crippen LogP contribution in [0.5, 0.6) is 0 Å². The van der Waals surface area contributed by atoms with Gasteiger partial charge < -0.3 is 14.7 Å². The van der Waals surface area contributed by atoms with Crippen molar-refractivity contribution in [1.29, 1.82) is 0 Å². The van der Waals surface area contributed by atoms with Crippen molar-refractivity contribution in [2.45, 2.75) is 38.1 Å². The van der Waals surface area contributed by atoms with E-state index in [9.17, 15) is 9.90 Å². The number of carbonyl (C=O) groups is 1. The van der Waals surface area contributed by atoms with Crippen molar-refractivity contribution in [2.24, 2.45) is 0 Å². The number of para-hydroxylation sites is 1. The topological polar surface area (TPSA) is 83.7 Å². The molecule has 1 unspecified atom stereocenters. The fraction of sp³-hybridized carbons (Fsp3) is 0.480. The average molecular weight is 450 g/mol. The Morgan fingerprint density at radius 2 is 1.91 bits per heavy atom. The lowest BCUT2D eigenvalue weighted by atomic mass is 9.82. The predicted octanol–water partition coefficient (Wildman–Crippen LogP) is 3.54. The third-order valence-corrected chi connectivity index (χ3v) is 7.04. The number of carboxylic acids is 1. The van der Waals surface area contributed by atoms with Crippen LogP contribution in [-0.4, -0.2) is 76.7 Å². The van der Waals surface area contributed by atoms with Gasteiger partial charge in [0.2, 0.25) is 0 Å². The van der Waals surface area contributed by atoms with Gasteiger partial charge in [-0.1, -0.05) is 24.6 Å². The van der Waals surface area contributed by atoms with Crippen LogP contribution >= 0.6 is 0 Å². The third kappa shape index (κ3) is 4.09. The summed E-state index contributed by atoms with van der Waals surface area (Å²) in [5.74, 6) is -0.617. The lowest BCUT2D eigenvalue weighted by Crippen LogP contribution is -2.50. The number of aromatic nitrogens is 3. The molecule has 2 aliphatic rings. The first-order valence-electron chi connectivity index (χ1n) is 11.8. The molecule has 1 aliphatic heterocycles. The number of aromatic carboxylic acids is 1. The SMILES string of the molecule is COCC(C)N1CCN(c2cc(C(=O)O)nc3c2c(C2CCC2)nn3-c2ccccc2)CC1. The highest BCUT2D eigenvalue weighted by molar-refractivity contribution is 5.98. The van der Waals surface area contributed by atoms with Crippen LogP contribution < -0.4 is 4.90 Å². The Kier molecular flexibility index (Phi) is 6.03. The number of fused-ring (bicyclic) bond motifs is 1. The van der Waals surface area contributed by atoms with E-state index in [-0.39, 0.29) is 5.69 Å². The zero-order valence-corrected chi connectivity index (χ0v) is 19.3. The summed E-state index contributed by atoms with van der Waals surface area (Å²) in [4.78, 5) is 21.3. The fourth-order valence-electron chi connectivity index (χ4n) is 4.95. The smallest absolute Gasteiger partial charge is 0.354 e. The molecule has 2 aromatic heterocycles. The van der Waals surface area contributed by atoms with E-state index in [1.807, 2.05) is 35.0 Å². The number of hydrogen-bond acceptors (Lipinski definition) is 6. The highest BCUT2D eigenvalue weighted by Gasteiger charge is 2.31. The average Bonchev–Trinajstić information content (AvgIpc) is 3.17. The highest BCUT2D eigenvalue weighted by atomic mass is 16.5. The molecule has 8 heteroatoms. The van der Waals surface area contributed by atoms with Crippen LogP contribution in [0.3, 0.4) is 0 Å². The molecule has 1 aromatic carbocycles. The Balaban J connectivity index is 1.61. The largest absolute Gasteiger partial charge is 0.477 e. The molecular formula is C25H31N5O3. The van der Waals surface area contributed by atoms with Crippen molar-refractivity contribution in [3.05, 3.63) is 47.8 Å². The van der Waals surface area contributed by atoms with Crippen LogP contribution in [0.1, 0.15) is 48.3 Å². The number of carboxylic acid groups (broad SMARTS) is 1. The van der Waals surface area contributed by atoms with Crippen molar-refractivity contribution < 1.29 is 14.6 Å². The van der Waals surface area contributed by atoms with Crippen LogP contribution in [0.2, 0.25) is 0 Å². The molecule has 2 fully saturated rings. The Hall–Kier alpha value is -2.97. The number of pyridine rings is 1. The number of piperazine rings is 1. The molecule has 0 bridgehead atoms. The number of methoxy groups -OCH3 is 1. The molecule has 174 valence electrons. The Morgan fingerprint density at radius 3 is 2.52 bits per heavy atom. The number of nitrogens with zero attached hydrogens (tertiary/aromatic N) is 5. The zero-order valence-electron chi connectivity index (χ0n) is 19.3. The Labute approximate surface area is 193 Å². The molecule has 3 heterocycles. The van der Waals surface area contributed by atoms with Crippen LogP contribution in [0.15, 0.2) is 36.4 Å². The molecule has 8 nitrogen and oxygen atoms in total. The standard InChI is InChI=1S/C25H31N5O3/c1-17(16-33-2)28-11-13-29(14-12-28)21-15-20(25(31)32)26-24-22(21)23(18-7-6-8-18)27-30(24)19-9-4-3-5-10-19/h3-5,9-10,15,17-18H,6-8,11-14,16H2,1-2H3,(H,31,32). The van der Waals surface area contributed by atoms with Crippen LogP contribution in [0.25, 0.3) is 16.7 Å². The van der Waals surface area contributed by atoms with Gasteiger partial charge in [-0.15, -0.1) is 0 Å². The first-order chi connectivity index (χ1) is 16.1. The van der Waals surface area contributed by atoms with Gasteiger partial charge in [0.15, 0.2) is 11.3 Å². The van der Waals surface area contributed by atoms with Crippen molar-refractivity contribution in [3.8, 4) is 5.69 Å². The van der Waals surface area contributed by atoms with Gasteiger partial charge in [0.25, 0.3) is 0 Å². The van der Waals surface area contributed by atoms with Gasteiger partial charge in [-0.3, -0.25) is 4.90 Å². The van der Waals surface area contributed by atoms with E-state index in [4.69, 9.17) is 9.84 Å². The minimum absolute atomic E-state index is 0.0601. The number of ether oxygens (including phenoxy) is 1. The number of benzene rings is 1.